The Morgan fingerprint density at radius 3 is 2.33 bits per heavy atom. The molecular weight excluding hydrogens is 256 g/mol. The SMILES string of the molecule is c1cc2ccc3cccc4c5c(c(c1)c2c34)CCC1OC51. The molecule has 0 amide bonds. The zero-order valence-electron chi connectivity index (χ0n) is 11.6. The summed E-state index contributed by atoms with van der Waals surface area (Å²) in [6.45, 7) is 0. The molecule has 21 heavy (non-hydrogen) atoms. The number of hydrogen-bond acceptors (Lipinski definition) is 1. The zero-order chi connectivity index (χ0) is 13.6. The van der Waals surface area contributed by atoms with Gasteiger partial charge >= 0.3 is 0 Å². The number of ether oxygens (including phenoxy) is 1. The predicted octanol–water partition coefficient (Wildman–Crippen LogP) is 4.97. The summed E-state index contributed by atoms with van der Waals surface area (Å²) in [6, 6.07) is 18.0. The molecule has 1 heteroatoms. The van der Waals surface area contributed by atoms with Gasteiger partial charge in [-0.05, 0) is 56.3 Å². The van der Waals surface area contributed by atoms with E-state index in [1.165, 1.54) is 49.9 Å². The molecule has 0 spiro atoms. The van der Waals surface area contributed by atoms with Crippen LogP contribution in [0.1, 0.15) is 23.7 Å². The number of hydrogen-bond donors (Lipinski definition) is 0. The summed E-state index contributed by atoms with van der Waals surface area (Å²) in [6.07, 6.45) is 3.16. The first-order valence-corrected chi connectivity index (χ1v) is 7.75. The van der Waals surface area contributed by atoms with Crippen LogP contribution in [-0.2, 0) is 11.2 Å². The lowest BCUT2D eigenvalue weighted by molar-refractivity contribution is 0.373. The minimum atomic E-state index is 0.350. The maximum Gasteiger partial charge on any atom is 0.110 e. The van der Waals surface area contributed by atoms with Crippen LogP contribution in [0.4, 0.5) is 0 Å². The average molecular weight is 270 g/mol. The maximum absolute atomic E-state index is 5.93. The van der Waals surface area contributed by atoms with Crippen molar-refractivity contribution in [3.63, 3.8) is 0 Å². The quantitative estimate of drug-likeness (QED) is 0.324. The molecule has 1 nitrogen and oxygen atoms in total. The Morgan fingerprint density at radius 1 is 0.810 bits per heavy atom. The van der Waals surface area contributed by atoms with E-state index < -0.39 is 0 Å². The summed E-state index contributed by atoms with van der Waals surface area (Å²) >= 11 is 0. The third kappa shape index (κ3) is 1.18. The van der Waals surface area contributed by atoms with Crippen LogP contribution in [0.5, 0.6) is 0 Å². The molecule has 4 aromatic rings. The Morgan fingerprint density at radius 2 is 1.52 bits per heavy atom. The van der Waals surface area contributed by atoms with Crippen LogP contribution in [0.15, 0.2) is 48.5 Å². The molecule has 1 saturated heterocycles. The molecule has 0 bridgehead atoms. The summed E-state index contributed by atoms with van der Waals surface area (Å²) in [4.78, 5) is 0. The largest absolute Gasteiger partial charge is 0.364 e. The van der Waals surface area contributed by atoms with E-state index in [4.69, 9.17) is 4.74 Å². The number of aryl methyl sites for hydroxylation is 1. The highest BCUT2D eigenvalue weighted by molar-refractivity contribution is 6.24. The first kappa shape index (κ1) is 10.6. The van der Waals surface area contributed by atoms with Crippen molar-refractivity contribution in [1.82, 2.24) is 0 Å². The highest BCUT2D eigenvalue weighted by Gasteiger charge is 2.45. The van der Waals surface area contributed by atoms with Crippen LogP contribution < -0.4 is 0 Å². The van der Waals surface area contributed by atoms with E-state index in [0.29, 0.717) is 12.2 Å². The third-order valence-corrected chi connectivity index (χ3v) is 5.37. The van der Waals surface area contributed by atoms with Gasteiger partial charge in [0.05, 0.1) is 6.10 Å². The van der Waals surface area contributed by atoms with Crippen LogP contribution in [0.25, 0.3) is 32.3 Å². The first-order valence-electron chi connectivity index (χ1n) is 7.75. The Hall–Kier alpha value is -2.12. The summed E-state index contributed by atoms with van der Waals surface area (Å²) in [5, 5.41) is 8.45. The molecule has 0 aromatic heterocycles. The number of benzene rings is 4. The second-order valence-electron chi connectivity index (χ2n) is 6.40. The Kier molecular flexibility index (Phi) is 1.70. The van der Waals surface area contributed by atoms with Crippen molar-refractivity contribution in [2.24, 2.45) is 0 Å². The van der Waals surface area contributed by atoms with E-state index in [2.05, 4.69) is 48.5 Å². The van der Waals surface area contributed by atoms with Gasteiger partial charge in [0.1, 0.15) is 6.10 Å². The molecule has 1 aliphatic carbocycles. The van der Waals surface area contributed by atoms with Gasteiger partial charge in [0, 0.05) is 0 Å². The predicted molar refractivity (Wildman–Crippen MR) is 86.1 cm³/mol. The lowest BCUT2D eigenvalue weighted by Gasteiger charge is -2.21. The summed E-state index contributed by atoms with van der Waals surface area (Å²) in [7, 11) is 0. The van der Waals surface area contributed by atoms with E-state index in [1.54, 1.807) is 0 Å². The Labute approximate surface area is 122 Å². The van der Waals surface area contributed by atoms with Crippen LogP contribution in [-0.4, -0.2) is 6.10 Å². The molecule has 2 aliphatic rings. The van der Waals surface area contributed by atoms with Gasteiger partial charge in [-0.15, -0.1) is 0 Å². The Bertz CT molecular complexity index is 1030. The van der Waals surface area contributed by atoms with E-state index in [0.717, 1.165) is 6.42 Å². The second-order valence-corrected chi connectivity index (χ2v) is 6.40. The van der Waals surface area contributed by atoms with Crippen molar-refractivity contribution in [1.29, 1.82) is 0 Å². The Balaban J connectivity index is 1.99. The van der Waals surface area contributed by atoms with E-state index in [1.807, 2.05) is 0 Å². The third-order valence-electron chi connectivity index (χ3n) is 5.37. The van der Waals surface area contributed by atoms with Gasteiger partial charge in [-0.2, -0.15) is 0 Å². The molecule has 0 N–H and O–H groups in total. The fourth-order valence-corrected chi connectivity index (χ4v) is 4.44. The minimum Gasteiger partial charge on any atom is -0.364 e. The lowest BCUT2D eigenvalue weighted by atomic mass is 9.81. The van der Waals surface area contributed by atoms with Crippen LogP contribution >= 0.6 is 0 Å². The van der Waals surface area contributed by atoms with Crippen molar-refractivity contribution in [3.05, 3.63) is 59.7 Å². The highest BCUT2D eigenvalue weighted by atomic mass is 16.6. The number of epoxide rings is 1. The van der Waals surface area contributed by atoms with Crippen molar-refractivity contribution >= 4 is 32.3 Å². The van der Waals surface area contributed by atoms with Gasteiger partial charge in [0.15, 0.2) is 0 Å². The maximum atomic E-state index is 5.93. The molecular formula is C20H14O. The van der Waals surface area contributed by atoms with E-state index in [-0.39, 0.29) is 0 Å². The van der Waals surface area contributed by atoms with Gasteiger partial charge in [-0.1, -0.05) is 48.5 Å². The van der Waals surface area contributed by atoms with Crippen molar-refractivity contribution in [3.8, 4) is 0 Å². The average Bonchev–Trinajstić information content (AvgIpc) is 3.32. The molecule has 1 heterocycles. The molecule has 2 atom stereocenters. The van der Waals surface area contributed by atoms with E-state index >= 15 is 0 Å². The monoisotopic (exact) mass is 270 g/mol. The molecule has 6 rings (SSSR count). The second kappa shape index (κ2) is 3.37. The van der Waals surface area contributed by atoms with Gasteiger partial charge in [0.2, 0.25) is 0 Å². The van der Waals surface area contributed by atoms with E-state index in [9.17, 15) is 0 Å². The highest BCUT2D eigenvalue weighted by Crippen LogP contribution is 2.52. The minimum absolute atomic E-state index is 0.350. The smallest absolute Gasteiger partial charge is 0.110 e. The molecule has 1 aliphatic heterocycles. The first-order chi connectivity index (χ1) is 10.4. The fraction of sp³-hybridized carbons (Fsp3) is 0.200. The summed E-state index contributed by atoms with van der Waals surface area (Å²) in [5.74, 6) is 0. The molecule has 2 unspecified atom stereocenters. The molecule has 100 valence electrons. The van der Waals surface area contributed by atoms with Gasteiger partial charge in [-0.25, -0.2) is 0 Å². The number of rotatable bonds is 0. The topological polar surface area (TPSA) is 12.5 Å². The van der Waals surface area contributed by atoms with Crippen molar-refractivity contribution in [2.45, 2.75) is 25.0 Å². The number of fused-ring (bicyclic) bond motifs is 5. The zero-order valence-corrected chi connectivity index (χ0v) is 11.6. The molecule has 1 fully saturated rings. The normalized spacial score (nSPS) is 23.6. The van der Waals surface area contributed by atoms with Gasteiger partial charge < -0.3 is 4.74 Å². The van der Waals surface area contributed by atoms with Crippen LogP contribution in [0.2, 0.25) is 0 Å². The molecule has 4 aromatic carbocycles. The van der Waals surface area contributed by atoms with Gasteiger partial charge in [0.25, 0.3) is 0 Å². The van der Waals surface area contributed by atoms with Crippen LogP contribution in [0, 0.1) is 0 Å². The van der Waals surface area contributed by atoms with Crippen molar-refractivity contribution < 1.29 is 4.74 Å². The summed E-state index contributed by atoms with van der Waals surface area (Å²) in [5.41, 5.74) is 3.01. The van der Waals surface area contributed by atoms with Crippen LogP contribution in [0.3, 0.4) is 0 Å². The standard InChI is InChI=1S/C20H14O/c1-3-11-7-8-12-4-2-6-15-18(12)17(11)13(5-1)14-9-10-16-20(21-16)19(14)15/h1-8,16,20H,9-10H2. The molecule has 0 saturated carbocycles. The lowest BCUT2D eigenvalue weighted by Crippen LogP contribution is -2.06. The van der Waals surface area contributed by atoms with Gasteiger partial charge in [-0.3, -0.25) is 0 Å². The summed E-state index contributed by atoms with van der Waals surface area (Å²) < 4.78 is 5.93. The van der Waals surface area contributed by atoms with Crippen molar-refractivity contribution in [2.75, 3.05) is 0 Å². The fourth-order valence-electron chi connectivity index (χ4n) is 4.44. The molecule has 0 radical (unpaired) electrons.